The molecule has 1 aliphatic heterocycles. The maximum atomic E-state index is 12.3. The maximum absolute atomic E-state index is 12.3. The van der Waals surface area contributed by atoms with E-state index in [-0.39, 0.29) is 18.4 Å². The van der Waals surface area contributed by atoms with Crippen LogP contribution in [0.4, 0.5) is 0 Å². The summed E-state index contributed by atoms with van der Waals surface area (Å²) in [4.78, 5) is 25.1. The van der Waals surface area contributed by atoms with Crippen molar-refractivity contribution in [3.8, 4) is 0 Å². The normalized spacial score (nSPS) is 15.6. The van der Waals surface area contributed by atoms with Gasteiger partial charge in [0.2, 0.25) is 5.91 Å². The fraction of sp³-hybridized carbons (Fsp3) is 0.385. The number of hydrogen-bond acceptors (Lipinski definition) is 2. The summed E-state index contributed by atoms with van der Waals surface area (Å²) in [6.45, 7) is 5.15. The molecule has 0 aromatic heterocycles. The largest absolute Gasteiger partial charge is 0.353 e. The van der Waals surface area contributed by atoms with Crippen molar-refractivity contribution in [2.45, 2.75) is 13.8 Å². The lowest BCUT2D eigenvalue weighted by Crippen LogP contribution is -2.50. The van der Waals surface area contributed by atoms with Gasteiger partial charge in [0, 0.05) is 18.7 Å². The van der Waals surface area contributed by atoms with E-state index in [1.165, 1.54) is 0 Å². The molecule has 1 heterocycles. The minimum absolute atomic E-state index is 0.0546. The number of carbonyl (C=O) groups is 2. The molecule has 1 aliphatic rings. The molecule has 2 amide bonds. The molecule has 17 heavy (non-hydrogen) atoms. The Hall–Kier alpha value is -1.84. The first-order valence-corrected chi connectivity index (χ1v) is 5.71. The van der Waals surface area contributed by atoms with Crippen molar-refractivity contribution in [2.75, 3.05) is 19.6 Å². The molecule has 0 radical (unpaired) electrons. The lowest BCUT2D eigenvalue weighted by molar-refractivity contribution is -0.123. The Kier molecular flexibility index (Phi) is 3.13. The molecule has 4 heteroatoms. The van der Waals surface area contributed by atoms with Crippen LogP contribution in [0.15, 0.2) is 18.2 Å². The summed E-state index contributed by atoms with van der Waals surface area (Å²) < 4.78 is 0. The second-order valence-corrected chi connectivity index (χ2v) is 4.40. The fourth-order valence-electron chi connectivity index (χ4n) is 1.95. The van der Waals surface area contributed by atoms with Crippen molar-refractivity contribution >= 4 is 11.8 Å². The van der Waals surface area contributed by atoms with Crippen molar-refractivity contribution in [1.29, 1.82) is 0 Å². The Morgan fingerprint density at radius 3 is 2.82 bits per heavy atom. The van der Waals surface area contributed by atoms with E-state index in [1.807, 2.05) is 32.0 Å². The van der Waals surface area contributed by atoms with Gasteiger partial charge in [-0.3, -0.25) is 9.59 Å². The zero-order chi connectivity index (χ0) is 12.4. The molecule has 2 rings (SSSR count). The number of hydrogen-bond donors (Lipinski definition) is 1. The second-order valence-electron chi connectivity index (χ2n) is 4.40. The Balaban J connectivity index is 2.24. The van der Waals surface area contributed by atoms with Crippen LogP contribution in [0.3, 0.4) is 0 Å². The second kappa shape index (κ2) is 4.57. The average Bonchev–Trinajstić information content (AvgIpc) is 2.31. The van der Waals surface area contributed by atoms with Gasteiger partial charge in [-0.15, -0.1) is 0 Å². The Labute approximate surface area is 101 Å². The molecule has 90 valence electrons. The summed E-state index contributed by atoms with van der Waals surface area (Å²) in [6, 6.07) is 5.80. The number of nitrogens with one attached hydrogen (secondary N) is 1. The number of aryl methyl sites for hydroxylation is 2. The van der Waals surface area contributed by atoms with Crippen molar-refractivity contribution in [2.24, 2.45) is 0 Å². The highest BCUT2D eigenvalue weighted by Gasteiger charge is 2.23. The van der Waals surface area contributed by atoms with Gasteiger partial charge in [0.1, 0.15) is 0 Å². The van der Waals surface area contributed by atoms with Crippen LogP contribution in [-0.4, -0.2) is 36.3 Å². The summed E-state index contributed by atoms with van der Waals surface area (Å²) in [5, 5.41) is 2.71. The monoisotopic (exact) mass is 232 g/mol. The van der Waals surface area contributed by atoms with Crippen LogP contribution in [0, 0.1) is 13.8 Å². The van der Waals surface area contributed by atoms with E-state index in [0.717, 1.165) is 11.1 Å². The van der Waals surface area contributed by atoms with E-state index < -0.39 is 0 Å². The number of benzene rings is 1. The molecule has 0 saturated carbocycles. The minimum atomic E-state index is -0.0880. The van der Waals surface area contributed by atoms with Crippen molar-refractivity contribution in [1.82, 2.24) is 10.2 Å². The van der Waals surface area contributed by atoms with Crippen molar-refractivity contribution < 1.29 is 9.59 Å². The highest BCUT2D eigenvalue weighted by Crippen LogP contribution is 2.13. The first kappa shape index (κ1) is 11.6. The molecule has 0 spiro atoms. The zero-order valence-electron chi connectivity index (χ0n) is 10.1. The van der Waals surface area contributed by atoms with E-state index in [4.69, 9.17) is 0 Å². The van der Waals surface area contributed by atoms with Gasteiger partial charge in [-0.25, -0.2) is 0 Å². The molecule has 1 fully saturated rings. The van der Waals surface area contributed by atoms with Crippen molar-refractivity contribution in [3.63, 3.8) is 0 Å². The van der Waals surface area contributed by atoms with E-state index in [1.54, 1.807) is 4.90 Å². The predicted octanol–water partition coefficient (Wildman–Crippen LogP) is 0.875. The molecule has 1 saturated heterocycles. The van der Waals surface area contributed by atoms with Crippen LogP contribution in [0.1, 0.15) is 21.5 Å². The van der Waals surface area contributed by atoms with E-state index in [9.17, 15) is 9.59 Å². The SMILES string of the molecule is Cc1ccc(C)c(C(=O)N2CCNC(=O)C2)c1. The van der Waals surface area contributed by atoms with E-state index >= 15 is 0 Å². The number of piperazine rings is 1. The molecule has 4 nitrogen and oxygen atoms in total. The van der Waals surface area contributed by atoms with Gasteiger partial charge in [-0.2, -0.15) is 0 Å². The summed E-state index contributed by atoms with van der Waals surface area (Å²) in [6.07, 6.45) is 0. The van der Waals surface area contributed by atoms with Crippen LogP contribution in [0.2, 0.25) is 0 Å². The maximum Gasteiger partial charge on any atom is 0.254 e. The number of amides is 2. The smallest absolute Gasteiger partial charge is 0.254 e. The van der Waals surface area contributed by atoms with Gasteiger partial charge in [0.05, 0.1) is 6.54 Å². The topological polar surface area (TPSA) is 49.4 Å². The molecule has 0 atom stereocenters. The summed E-state index contributed by atoms with van der Waals surface area (Å²) in [5.74, 6) is -0.143. The van der Waals surface area contributed by atoms with Crippen molar-refractivity contribution in [3.05, 3.63) is 34.9 Å². The molecule has 1 N–H and O–H groups in total. The van der Waals surface area contributed by atoms with Gasteiger partial charge in [0.25, 0.3) is 5.91 Å². The van der Waals surface area contributed by atoms with Crippen LogP contribution in [0.25, 0.3) is 0 Å². The van der Waals surface area contributed by atoms with Crippen LogP contribution in [0.5, 0.6) is 0 Å². The summed E-state index contributed by atoms with van der Waals surface area (Å²) in [7, 11) is 0. The highest BCUT2D eigenvalue weighted by molar-refractivity contribution is 5.98. The predicted molar refractivity (Wildman–Crippen MR) is 64.8 cm³/mol. The molecule has 0 bridgehead atoms. The number of carbonyl (C=O) groups excluding carboxylic acids is 2. The third-order valence-corrected chi connectivity index (χ3v) is 2.95. The molecular formula is C13H16N2O2. The first-order valence-electron chi connectivity index (χ1n) is 5.71. The van der Waals surface area contributed by atoms with Crippen LogP contribution < -0.4 is 5.32 Å². The number of rotatable bonds is 1. The van der Waals surface area contributed by atoms with Crippen LogP contribution >= 0.6 is 0 Å². The highest BCUT2D eigenvalue weighted by atomic mass is 16.2. The molecular weight excluding hydrogens is 216 g/mol. The van der Waals surface area contributed by atoms with Gasteiger partial charge in [-0.1, -0.05) is 17.7 Å². The number of nitrogens with zero attached hydrogens (tertiary/aromatic N) is 1. The molecule has 0 aliphatic carbocycles. The van der Waals surface area contributed by atoms with Gasteiger partial charge < -0.3 is 10.2 Å². The van der Waals surface area contributed by atoms with Crippen LogP contribution in [-0.2, 0) is 4.79 Å². The summed E-state index contributed by atoms with van der Waals surface area (Å²) >= 11 is 0. The van der Waals surface area contributed by atoms with E-state index in [2.05, 4.69) is 5.32 Å². The third-order valence-electron chi connectivity index (χ3n) is 2.95. The van der Waals surface area contributed by atoms with Gasteiger partial charge in [0.15, 0.2) is 0 Å². The lowest BCUT2D eigenvalue weighted by atomic mass is 10.0. The molecule has 1 aromatic rings. The Bertz CT molecular complexity index is 468. The minimum Gasteiger partial charge on any atom is -0.353 e. The Morgan fingerprint density at radius 1 is 1.35 bits per heavy atom. The average molecular weight is 232 g/mol. The first-order chi connectivity index (χ1) is 8.08. The standard InChI is InChI=1S/C13H16N2O2/c1-9-3-4-10(2)11(7-9)13(17)15-6-5-14-12(16)8-15/h3-4,7H,5-6,8H2,1-2H3,(H,14,16). The third kappa shape index (κ3) is 2.46. The van der Waals surface area contributed by atoms with E-state index in [0.29, 0.717) is 18.7 Å². The van der Waals surface area contributed by atoms with Gasteiger partial charge >= 0.3 is 0 Å². The fourth-order valence-corrected chi connectivity index (χ4v) is 1.95. The molecule has 1 aromatic carbocycles. The lowest BCUT2D eigenvalue weighted by Gasteiger charge is -2.27. The van der Waals surface area contributed by atoms with Gasteiger partial charge in [-0.05, 0) is 25.5 Å². The summed E-state index contributed by atoms with van der Waals surface area (Å²) in [5.41, 5.74) is 2.70. The quantitative estimate of drug-likeness (QED) is 0.781. The molecule has 0 unspecified atom stereocenters. The Morgan fingerprint density at radius 2 is 2.12 bits per heavy atom. The zero-order valence-corrected chi connectivity index (χ0v) is 10.1.